The van der Waals surface area contributed by atoms with E-state index >= 15 is 0 Å². The summed E-state index contributed by atoms with van der Waals surface area (Å²) in [7, 11) is 0. The number of fused-ring (bicyclic) bond motifs is 1. The van der Waals surface area contributed by atoms with E-state index in [0.29, 0.717) is 17.7 Å². The van der Waals surface area contributed by atoms with Gasteiger partial charge < -0.3 is 11.1 Å². The van der Waals surface area contributed by atoms with E-state index in [1.54, 1.807) is 18.3 Å². The third-order valence-electron chi connectivity index (χ3n) is 4.86. The fraction of sp³-hybridized carbons (Fsp3) is 0.136. The first kappa shape index (κ1) is 19.3. The lowest BCUT2D eigenvalue weighted by atomic mass is 10.0. The van der Waals surface area contributed by atoms with Gasteiger partial charge in [0.25, 0.3) is 0 Å². The van der Waals surface area contributed by atoms with Crippen LogP contribution in [-0.2, 0) is 12.8 Å². The van der Waals surface area contributed by atoms with Gasteiger partial charge in [-0.1, -0.05) is 12.1 Å². The first-order valence-corrected chi connectivity index (χ1v) is 9.90. The van der Waals surface area contributed by atoms with Crippen molar-refractivity contribution in [2.24, 2.45) is 0 Å². The maximum atomic E-state index is 14.8. The number of aryl methyl sites for hydroxylation is 1. The predicted octanol–water partition coefficient (Wildman–Crippen LogP) is 5.61. The van der Waals surface area contributed by atoms with Gasteiger partial charge in [-0.25, -0.2) is 18.2 Å². The van der Waals surface area contributed by atoms with Crippen molar-refractivity contribution in [1.82, 2.24) is 4.98 Å². The number of hydrogen-bond acceptors (Lipinski definition) is 4. The molecule has 0 bridgehead atoms. The first-order chi connectivity index (χ1) is 13.9. The molecule has 0 radical (unpaired) electrons. The quantitative estimate of drug-likeness (QED) is 0.585. The number of hydrogen-bond donors (Lipinski definition) is 2. The molecule has 0 fully saturated rings. The molecule has 1 aromatic carbocycles. The van der Waals surface area contributed by atoms with E-state index in [2.05, 4.69) is 16.4 Å². The topological polar surface area (TPSA) is 50.9 Å². The second-order valence-electron chi connectivity index (χ2n) is 6.83. The molecule has 0 saturated heterocycles. The molecule has 0 unspecified atom stereocenters. The van der Waals surface area contributed by atoms with Crippen molar-refractivity contribution in [2.45, 2.75) is 19.8 Å². The largest absolute Gasteiger partial charge is 0.381 e. The summed E-state index contributed by atoms with van der Waals surface area (Å²) in [6, 6.07) is 4.98. The fourth-order valence-electron chi connectivity index (χ4n) is 3.30. The molecule has 1 aliphatic rings. The summed E-state index contributed by atoms with van der Waals surface area (Å²) in [5, 5.41) is 5.02. The number of pyridine rings is 1. The van der Waals surface area contributed by atoms with Crippen LogP contribution in [0.4, 0.5) is 24.7 Å². The van der Waals surface area contributed by atoms with E-state index in [0.717, 1.165) is 4.88 Å². The zero-order valence-electron chi connectivity index (χ0n) is 15.6. The third kappa shape index (κ3) is 3.78. The van der Waals surface area contributed by atoms with Gasteiger partial charge in [-0.05, 0) is 65.3 Å². The maximum Gasteiger partial charge on any atom is 0.182 e. The number of anilines is 2. The lowest BCUT2D eigenvalue weighted by Gasteiger charge is -2.15. The molecule has 7 heteroatoms. The van der Waals surface area contributed by atoms with Gasteiger partial charge >= 0.3 is 0 Å². The van der Waals surface area contributed by atoms with Crippen LogP contribution in [0.25, 0.3) is 6.08 Å². The number of nitrogens with zero attached hydrogens (tertiary/aromatic N) is 1. The van der Waals surface area contributed by atoms with Crippen LogP contribution in [0.15, 0.2) is 47.6 Å². The van der Waals surface area contributed by atoms with Crippen LogP contribution in [0, 0.1) is 24.4 Å². The lowest BCUT2D eigenvalue weighted by Crippen LogP contribution is -2.08. The number of benzene rings is 1. The number of allylic oxidation sites excluding steroid dienone is 2. The molecule has 2 aromatic heterocycles. The van der Waals surface area contributed by atoms with Gasteiger partial charge in [-0.15, -0.1) is 11.3 Å². The Balaban J connectivity index is 1.62. The van der Waals surface area contributed by atoms with Crippen LogP contribution in [0.2, 0.25) is 0 Å². The highest BCUT2D eigenvalue weighted by Crippen LogP contribution is 2.30. The molecule has 0 amide bonds. The smallest absolute Gasteiger partial charge is 0.182 e. The van der Waals surface area contributed by atoms with Crippen molar-refractivity contribution in [3.63, 3.8) is 0 Å². The van der Waals surface area contributed by atoms with Gasteiger partial charge in [0.2, 0.25) is 0 Å². The Kier molecular flexibility index (Phi) is 5.15. The van der Waals surface area contributed by atoms with Gasteiger partial charge in [-0.2, -0.15) is 0 Å². The van der Waals surface area contributed by atoms with Crippen molar-refractivity contribution < 1.29 is 13.2 Å². The summed E-state index contributed by atoms with van der Waals surface area (Å²) in [5.74, 6) is -2.98. The number of aromatic nitrogens is 1. The lowest BCUT2D eigenvalue weighted by molar-refractivity contribution is 0.502. The van der Waals surface area contributed by atoms with Gasteiger partial charge in [0.15, 0.2) is 23.3 Å². The number of halogens is 3. The Morgan fingerprint density at radius 2 is 1.93 bits per heavy atom. The minimum Gasteiger partial charge on any atom is -0.381 e. The van der Waals surface area contributed by atoms with Crippen LogP contribution in [0.1, 0.15) is 27.1 Å². The van der Waals surface area contributed by atoms with E-state index in [1.165, 1.54) is 23.9 Å². The Bertz CT molecular complexity index is 1150. The fourth-order valence-corrected chi connectivity index (χ4v) is 4.13. The zero-order chi connectivity index (χ0) is 20.5. The van der Waals surface area contributed by atoms with Gasteiger partial charge in [0, 0.05) is 23.2 Å². The minimum atomic E-state index is -1.01. The van der Waals surface area contributed by atoms with Crippen LogP contribution in [0.5, 0.6) is 0 Å². The van der Waals surface area contributed by atoms with Crippen molar-refractivity contribution in [2.75, 3.05) is 11.1 Å². The summed E-state index contributed by atoms with van der Waals surface area (Å²) in [4.78, 5) is 4.80. The van der Waals surface area contributed by atoms with Gasteiger partial charge in [0.05, 0.1) is 5.69 Å². The highest BCUT2D eigenvalue weighted by atomic mass is 32.1. The van der Waals surface area contributed by atoms with Crippen LogP contribution < -0.4 is 11.1 Å². The van der Waals surface area contributed by atoms with Crippen molar-refractivity contribution >= 4 is 28.9 Å². The van der Waals surface area contributed by atoms with Crippen LogP contribution in [-0.4, -0.2) is 4.98 Å². The van der Waals surface area contributed by atoms with Gasteiger partial charge in [0.1, 0.15) is 0 Å². The van der Waals surface area contributed by atoms with E-state index in [4.69, 9.17) is 5.73 Å². The molecule has 0 atom stereocenters. The Labute approximate surface area is 170 Å². The monoisotopic (exact) mass is 413 g/mol. The third-order valence-corrected chi connectivity index (χ3v) is 5.79. The Hall–Kier alpha value is -3.06. The molecule has 0 aliphatic heterocycles. The van der Waals surface area contributed by atoms with Crippen LogP contribution >= 0.6 is 11.3 Å². The van der Waals surface area contributed by atoms with Crippen molar-refractivity contribution in [1.29, 1.82) is 0 Å². The highest BCUT2D eigenvalue weighted by Gasteiger charge is 2.19. The average Bonchev–Trinajstić information content (AvgIpc) is 3.07. The molecule has 0 spiro atoms. The van der Waals surface area contributed by atoms with Crippen LogP contribution in [0.3, 0.4) is 0 Å². The van der Waals surface area contributed by atoms with Crippen molar-refractivity contribution in [3.05, 3.63) is 92.2 Å². The standard InChI is InChI=1S/C22H18F3N3S/c1-12-10-15(11-14-6-8-27-22(26)19(14)24)18(23)20(25)21(12)28-16-3-2-13-7-9-29-17(13)5-4-16/h3-10,28H,2,11H2,1H3,(H2,26,27). The molecule has 3 nitrogen and oxygen atoms in total. The number of rotatable bonds is 4. The van der Waals surface area contributed by atoms with E-state index in [-0.39, 0.29) is 29.1 Å². The molecule has 2 heterocycles. The number of thiophene rings is 1. The summed E-state index contributed by atoms with van der Waals surface area (Å²) < 4.78 is 43.7. The normalized spacial score (nSPS) is 13.0. The average molecular weight is 413 g/mol. The second kappa shape index (κ2) is 7.75. The zero-order valence-corrected chi connectivity index (χ0v) is 16.4. The number of nitrogen functional groups attached to an aromatic ring is 1. The summed E-state index contributed by atoms with van der Waals surface area (Å²) in [6.07, 6.45) is 7.68. The highest BCUT2D eigenvalue weighted by molar-refractivity contribution is 7.11. The first-order valence-electron chi connectivity index (χ1n) is 9.02. The predicted molar refractivity (Wildman–Crippen MR) is 111 cm³/mol. The molecule has 0 saturated carbocycles. The molecule has 4 rings (SSSR count). The van der Waals surface area contributed by atoms with Crippen molar-refractivity contribution in [3.8, 4) is 0 Å². The SMILES string of the molecule is Cc1cc(Cc2ccnc(N)c2F)c(F)c(F)c1NC1=CCc2ccsc2C=C1. The summed E-state index contributed by atoms with van der Waals surface area (Å²) in [6.45, 7) is 1.68. The van der Waals surface area contributed by atoms with E-state index < -0.39 is 17.5 Å². The molecular weight excluding hydrogens is 395 g/mol. The molecule has 1 aliphatic carbocycles. The summed E-state index contributed by atoms with van der Waals surface area (Å²) in [5.41, 5.74) is 8.16. The Morgan fingerprint density at radius 1 is 1.10 bits per heavy atom. The minimum absolute atomic E-state index is 0.0580. The van der Waals surface area contributed by atoms with E-state index in [1.807, 2.05) is 23.6 Å². The summed E-state index contributed by atoms with van der Waals surface area (Å²) >= 11 is 1.63. The molecule has 3 N–H and O–H groups in total. The Morgan fingerprint density at radius 3 is 2.76 bits per heavy atom. The van der Waals surface area contributed by atoms with Gasteiger partial charge in [-0.3, -0.25) is 0 Å². The maximum absolute atomic E-state index is 14.8. The second-order valence-corrected chi connectivity index (χ2v) is 7.78. The van der Waals surface area contributed by atoms with E-state index in [9.17, 15) is 13.2 Å². The number of nitrogens with two attached hydrogens (primary N) is 1. The number of nitrogens with one attached hydrogen (secondary N) is 1. The molecule has 148 valence electrons. The molecular formula is C22H18F3N3S. The molecule has 29 heavy (non-hydrogen) atoms. The molecule has 3 aromatic rings.